The van der Waals surface area contributed by atoms with Crippen LogP contribution in [0.3, 0.4) is 0 Å². The molecule has 2 atom stereocenters. The summed E-state index contributed by atoms with van der Waals surface area (Å²) in [6, 6.07) is 4.81. The lowest BCUT2D eigenvalue weighted by Gasteiger charge is -2.16. The Balaban J connectivity index is 2.41. The molecule has 1 aromatic carbocycles. The first-order valence-electron chi connectivity index (χ1n) is 6.01. The van der Waals surface area contributed by atoms with Gasteiger partial charge in [0.1, 0.15) is 0 Å². The highest BCUT2D eigenvalue weighted by atomic mass is 32.2. The maximum Gasteiger partial charge on any atom is 0.243 e. The molecule has 0 bridgehead atoms. The standard InChI is InChI=1S/C11H17N3O4S2/c1-8-6-14(7-11(8)12)20(17,18)10-4-2-3-9(5-10)19(13,15)16/h2-5,8,11H,6-7,12H2,1H3,(H2,13,15,16). The smallest absolute Gasteiger partial charge is 0.243 e. The van der Waals surface area contributed by atoms with Crippen LogP contribution in [0.25, 0.3) is 0 Å². The van der Waals surface area contributed by atoms with Gasteiger partial charge in [0.15, 0.2) is 0 Å². The Bertz CT molecular complexity index is 705. The highest BCUT2D eigenvalue weighted by molar-refractivity contribution is 7.90. The highest BCUT2D eigenvalue weighted by Gasteiger charge is 2.35. The van der Waals surface area contributed by atoms with Gasteiger partial charge in [-0.2, -0.15) is 4.31 Å². The van der Waals surface area contributed by atoms with Crippen molar-refractivity contribution < 1.29 is 16.8 Å². The van der Waals surface area contributed by atoms with Crippen LogP contribution in [0.1, 0.15) is 6.92 Å². The second-order valence-electron chi connectivity index (χ2n) is 4.98. The fourth-order valence-corrected chi connectivity index (χ4v) is 4.36. The summed E-state index contributed by atoms with van der Waals surface area (Å²) in [6.07, 6.45) is 0. The maximum absolute atomic E-state index is 12.4. The quantitative estimate of drug-likeness (QED) is 0.762. The molecular weight excluding hydrogens is 302 g/mol. The minimum atomic E-state index is -3.94. The third kappa shape index (κ3) is 2.86. The molecule has 1 aromatic rings. The number of primary sulfonamides is 1. The van der Waals surface area contributed by atoms with Crippen molar-refractivity contribution in [3.63, 3.8) is 0 Å². The Morgan fingerprint density at radius 1 is 1.15 bits per heavy atom. The summed E-state index contributed by atoms with van der Waals surface area (Å²) < 4.78 is 48.7. The summed E-state index contributed by atoms with van der Waals surface area (Å²) in [7, 11) is -7.69. The van der Waals surface area contributed by atoms with Crippen LogP contribution in [0.5, 0.6) is 0 Å². The van der Waals surface area contributed by atoms with Crippen LogP contribution in [0.4, 0.5) is 0 Å². The molecule has 1 aliphatic rings. The molecule has 0 aromatic heterocycles. The number of nitrogens with two attached hydrogens (primary N) is 2. The van der Waals surface area contributed by atoms with E-state index in [1.165, 1.54) is 22.5 Å². The number of rotatable bonds is 3. The molecule has 0 amide bonds. The molecule has 1 saturated heterocycles. The van der Waals surface area contributed by atoms with Crippen LogP contribution < -0.4 is 10.9 Å². The van der Waals surface area contributed by atoms with Crippen molar-refractivity contribution in [1.29, 1.82) is 0 Å². The van der Waals surface area contributed by atoms with Gasteiger partial charge in [0.05, 0.1) is 9.79 Å². The van der Waals surface area contributed by atoms with Crippen LogP contribution in [0.2, 0.25) is 0 Å². The number of hydrogen-bond acceptors (Lipinski definition) is 5. The molecule has 7 nitrogen and oxygen atoms in total. The zero-order valence-electron chi connectivity index (χ0n) is 10.9. The molecule has 20 heavy (non-hydrogen) atoms. The van der Waals surface area contributed by atoms with E-state index in [1.54, 1.807) is 0 Å². The van der Waals surface area contributed by atoms with Crippen molar-refractivity contribution in [3.05, 3.63) is 24.3 Å². The zero-order chi connectivity index (χ0) is 15.1. The van der Waals surface area contributed by atoms with Gasteiger partial charge in [-0.25, -0.2) is 22.0 Å². The lowest BCUT2D eigenvalue weighted by molar-refractivity contribution is 0.464. The first-order chi connectivity index (χ1) is 9.12. The summed E-state index contributed by atoms with van der Waals surface area (Å²) in [5, 5.41) is 5.01. The molecule has 0 radical (unpaired) electrons. The van der Waals surface area contributed by atoms with E-state index in [2.05, 4.69) is 0 Å². The highest BCUT2D eigenvalue weighted by Crippen LogP contribution is 2.24. The Morgan fingerprint density at radius 3 is 2.25 bits per heavy atom. The first kappa shape index (κ1) is 15.4. The molecule has 1 heterocycles. The Morgan fingerprint density at radius 2 is 1.75 bits per heavy atom. The number of hydrogen-bond donors (Lipinski definition) is 2. The van der Waals surface area contributed by atoms with Crippen LogP contribution >= 0.6 is 0 Å². The predicted octanol–water partition coefficient (Wildman–Crippen LogP) is -0.698. The van der Waals surface area contributed by atoms with Gasteiger partial charge in [-0.15, -0.1) is 0 Å². The molecule has 0 spiro atoms. The zero-order valence-corrected chi connectivity index (χ0v) is 12.6. The first-order valence-corrected chi connectivity index (χ1v) is 8.99. The van der Waals surface area contributed by atoms with E-state index in [4.69, 9.17) is 10.9 Å². The normalized spacial score (nSPS) is 24.9. The summed E-state index contributed by atoms with van der Waals surface area (Å²) >= 11 is 0. The summed E-state index contributed by atoms with van der Waals surface area (Å²) in [5.74, 6) is 0.0613. The Labute approximate surface area is 118 Å². The second kappa shape index (κ2) is 5.08. The second-order valence-corrected chi connectivity index (χ2v) is 8.48. The number of sulfonamides is 2. The largest absolute Gasteiger partial charge is 0.326 e. The van der Waals surface area contributed by atoms with Gasteiger partial charge in [0, 0.05) is 19.1 Å². The predicted molar refractivity (Wildman–Crippen MR) is 73.7 cm³/mol. The van der Waals surface area contributed by atoms with Gasteiger partial charge >= 0.3 is 0 Å². The third-order valence-electron chi connectivity index (χ3n) is 3.41. The molecular formula is C11H17N3O4S2. The fraction of sp³-hybridized carbons (Fsp3) is 0.455. The van der Waals surface area contributed by atoms with Gasteiger partial charge in [-0.1, -0.05) is 13.0 Å². The van der Waals surface area contributed by atoms with E-state index >= 15 is 0 Å². The minimum absolute atomic E-state index is 0.0613. The van der Waals surface area contributed by atoms with E-state index in [-0.39, 0.29) is 28.3 Å². The fourth-order valence-electron chi connectivity index (χ4n) is 2.10. The average molecular weight is 319 g/mol. The molecule has 4 N–H and O–H groups in total. The van der Waals surface area contributed by atoms with Crippen molar-refractivity contribution in [3.8, 4) is 0 Å². The molecule has 2 rings (SSSR count). The van der Waals surface area contributed by atoms with Crippen molar-refractivity contribution in [2.24, 2.45) is 16.8 Å². The van der Waals surface area contributed by atoms with Crippen LogP contribution in [0, 0.1) is 5.92 Å². The summed E-state index contributed by atoms with van der Waals surface area (Å²) in [6.45, 7) is 2.42. The summed E-state index contributed by atoms with van der Waals surface area (Å²) in [4.78, 5) is -0.319. The van der Waals surface area contributed by atoms with Gasteiger partial charge in [0.25, 0.3) is 0 Å². The number of nitrogens with zero attached hydrogens (tertiary/aromatic N) is 1. The van der Waals surface area contributed by atoms with Crippen molar-refractivity contribution in [2.45, 2.75) is 22.8 Å². The third-order valence-corrected chi connectivity index (χ3v) is 6.15. The van der Waals surface area contributed by atoms with E-state index in [0.717, 1.165) is 6.07 Å². The SMILES string of the molecule is CC1CN(S(=O)(=O)c2cccc(S(N)(=O)=O)c2)CC1N. The topological polar surface area (TPSA) is 124 Å². The Kier molecular flexibility index (Phi) is 3.91. The minimum Gasteiger partial charge on any atom is -0.326 e. The number of benzene rings is 1. The molecule has 112 valence electrons. The van der Waals surface area contributed by atoms with Crippen molar-refractivity contribution >= 4 is 20.0 Å². The van der Waals surface area contributed by atoms with Gasteiger partial charge < -0.3 is 5.73 Å². The van der Waals surface area contributed by atoms with Gasteiger partial charge in [0.2, 0.25) is 20.0 Å². The van der Waals surface area contributed by atoms with Crippen LogP contribution in [-0.4, -0.2) is 40.3 Å². The van der Waals surface area contributed by atoms with E-state index in [1.807, 2.05) is 6.92 Å². The maximum atomic E-state index is 12.4. The van der Waals surface area contributed by atoms with Crippen LogP contribution in [-0.2, 0) is 20.0 Å². The lowest BCUT2D eigenvalue weighted by atomic mass is 10.1. The lowest BCUT2D eigenvalue weighted by Crippen LogP contribution is -2.32. The van der Waals surface area contributed by atoms with E-state index in [9.17, 15) is 16.8 Å². The average Bonchev–Trinajstić information content (AvgIpc) is 2.69. The van der Waals surface area contributed by atoms with Crippen molar-refractivity contribution in [1.82, 2.24) is 4.31 Å². The van der Waals surface area contributed by atoms with E-state index in [0.29, 0.717) is 6.54 Å². The molecule has 9 heteroatoms. The molecule has 0 aliphatic carbocycles. The van der Waals surface area contributed by atoms with Crippen LogP contribution in [0.15, 0.2) is 34.1 Å². The van der Waals surface area contributed by atoms with Crippen molar-refractivity contribution in [2.75, 3.05) is 13.1 Å². The molecule has 1 fully saturated rings. The molecule has 2 unspecified atom stereocenters. The summed E-state index contributed by atoms with van der Waals surface area (Å²) in [5.41, 5.74) is 5.82. The Hall–Kier alpha value is -1.00. The monoisotopic (exact) mass is 319 g/mol. The molecule has 0 saturated carbocycles. The van der Waals surface area contributed by atoms with E-state index < -0.39 is 20.0 Å². The van der Waals surface area contributed by atoms with Gasteiger partial charge in [-0.05, 0) is 24.1 Å². The van der Waals surface area contributed by atoms with Gasteiger partial charge in [-0.3, -0.25) is 0 Å². The molecule has 1 aliphatic heterocycles.